The van der Waals surface area contributed by atoms with Crippen LogP contribution in [0, 0.1) is 0 Å². The number of para-hydroxylation sites is 1. The molecule has 116 valence electrons. The minimum absolute atomic E-state index is 0. The summed E-state index contributed by atoms with van der Waals surface area (Å²) in [6.45, 7) is 0. The van der Waals surface area contributed by atoms with Crippen molar-refractivity contribution >= 4 is 34.1 Å². The first kappa shape index (κ1) is 14.7. The minimum Gasteiger partial charge on any atom is -0.506 e. The predicted octanol–water partition coefficient (Wildman–Crippen LogP) is 5.09. The SMILES string of the molecule is F.Oc1cc(Nc2ccc(Nc3ccccc3)cc2)cc2c1N2. The van der Waals surface area contributed by atoms with Crippen LogP contribution < -0.4 is 16.0 Å². The lowest BCUT2D eigenvalue weighted by Gasteiger charge is -2.09. The summed E-state index contributed by atoms with van der Waals surface area (Å²) in [5.74, 6) is 0.280. The van der Waals surface area contributed by atoms with Crippen molar-refractivity contribution in [2.24, 2.45) is 0 Å². The minimum atomic E-state index is 0. The van der Waals surface area contributed by atoms with Crippen LogP contribution in [0.2, 0.25) is 0 Å². The molecule has 0 fully saturated rings. The van der Waals surface area contributed by atoms with Gasteiger partial charge in [0.2, 0.25) is 0 Å². The molecule has 3 aromatic rings. The first-order valence-electron chi connectivity index (χ1n) is 7.11. The molecule has 1 aliphatic heterocycles. The van der Waals surface area contributed by atoms with E-state index in [1.54, 1.807) is 6.07 Å². The van der Waals surface area contributed by atoms with Gasteiger partial charge in [0.25, 0.3) is 0 Å². The molecule has 0 saturated heterocycles. The van der Waals surface area contributed by atoms with Crippen molar-refractivity contribution < 1.29 is 9.81 Å². The van der Waals surface area contributed by atoms with E-state index < -0.39 is 0 Å². The summed E-state index contributed by atoms with van der Waals surface area (Å²) in [7, 11) is 0. The summed E-state index contributed by atoms with van der Waals surface area (Å²) in [6.07, 6.45) is 0. The molecule has 0 saturated carbocycles. The van der Waals surface area contributed by atoms with Gasteiger partial charge >= 0.3 is 0 Å². The van der Waals surface area contributed by atoms with Gasteiger partial charge in [-0.1, -0.05) is 18.2 Å². The Balaban J connectivity index is 0.00000156. The molecule has 0 radical (unpaired) electrons. The molecular formula is C18H16FN3O. The van der Waals surface area contributed by atoms with Gasteiger partial charge in [-0.3, -0.25) is 4.70 Å². The number of hydrogen-bond acceptors (Lipinski definition) is 4. The van der Waals surface area contributed by atoms with Gasteiger partial charge in [0.1, 0.15) is 11.4 Å². The molecule has 4 rings (SSSR count). The molecule has 4 N–H and O–H groups in total. The summed E-state index contributed by atoms with van der Waals surface area (Å²) < 4.78 is 0. The zero-order valence-corrected chi connectivity index (χ0v) is 12.2. The number of benzene rings is 3. The van der Waals surface area contributed by atoms with Crippen LogP contribution in [0.5, 0.6) is 5.75 Å². The van der Waals surface area contributed by atoms with Crippen molar-refractivity contribution in [1.82, 2.24) is 0 Å². The zero-order chi connectivity index (χ0) is 14.9. The normalized spacial score (nSPS) is 10.8. The van der Waals surface area contributed by atoms with Crippen LogP contribution in [0.15, 0.2) is 66.7 Å². The Bertz CT molecular complexity index is 820. The van der Waals surface area contributed by atoms with Crippen LogP contribution in [0.3, 0.4) is 0 Å². The van der Waals surface area contributed by atoms with E-state index in [4.69, 9.17) is 0 Å². The fourth-order valence-electron chi connectivity index (χ4n) is 2.39. The zero-order valence-electron chi connectivity index (χ0n) is 12.2. The molecule has 23 heavy (non-hydrogen) atoms. The standard InChI is InChI=1S/C18H15N3O.FH/c22-17-11-15(10-16-18(17)21-16)20-14-8-6-13(7-9-14)19-12-4-2-1-3-5-12;/h1-11,19-22H;1H. The number of hydrogen-bond donors (Lipinski definition) is 4. The van der Waals surface area contributed by atoms with Gasteiger partial charge in [-0.2, -0.15) is 0 Å². The molecule has 0 amide bonds. The van der Waals surface area contributed by atoms with E-state index in [0.29, 0.717) is 0 Å². The third kappa shape index (κ3) is 3.18. The lowest BCUT2D eigenvalue weighted by atomic mass is 10.2. The fraction of sp³-hybridized carbons (Fsp3) is 0. The molecule has 1 aliphatic rings. The molecule has 0 spiro atoms. The van der Waals surface area contributed by atoms with Crippen LogP contribution in [0.25, 0.3) is 0 Å². The Morgan fingerprint density at radius 1 is 0.696 bits per heavy atom. The number of halogens is 1. The van der Waals surface area contributed by atoms with Gasteiger partial charge < -0.3 is 21.1 Å². The second-order valence-corrected chi connectivity index (χ2v) is 5.24. The first-order chi connectivity index (χ1) is 10.8. The van der Waals surface area contributed by atoms with Gasteiger partial charge in [0, 0.05) is 28.8 Å². The van der Waals surface area contributed by atoms with Gasteiger partial charge in [0.05, 0.1) is 5.69 Å². The summed E-state index contributed by atoms with van der Waals surface area (Å²) in [5, 5.41) is 19.4. The molecule has 4 nitrogen and oxygen atoms in total. The van der Waals surface area contributed by atoms with E-state index in [0.717, 1.165) is 34.1 Å². The second kappa shape index (κ2) is 5.88. The Hall–Kier alpha value is -3.21. The topological polar surface area (TPSA) is 66.2 Å². The van der Waals surface area contributed by atoms with Crippen LogP contribution in [-0.2, 0) is 0 Å². The van der Waals surface area contributed by atoms with E-state index >= 15 is 0 Å². The third-order valence-electron chi connectivity index (χ3n) is 3.55. The molecule has 1 heterocycles. The van der Waals surface area contributed by atoms with Gasteiger partial charge in [-0.15, -0.1) is 0 Å². The van der Waals surface area contributed by atoms with Crippen molar-refractivity contribution in [3.8, 4) is 5.75 Å². The summed E-state index contributed by atoms with van der Waals surface area (Å²) in [4.78, 5) is 0. The maximum absolute atomic E-state index is 9.73. The Morgan fingerprint density at radius 2 is 1.26 bits per heavy atom. The molecule has 0 aromatic heterocycles. The predicted molar refractivity (Wildman–Crippen MR) is 93.3 cm³/mol. The van der Waals surface area contributed by atoms with Crippen molar-refractivity contribution in [2.75, 3.05) is 16.0 Å². The van der Waals surface area contributed by atoms with E-state index in [1.807, 2.05) is 60.7 Å². The molecule has 5 heteroatoms. The monoisotopic (exact) mass is 309 g/mol. The molecule has 0 bridgehead atoms. The Morgan fingerprint density at radius 3 is 1.87 bits per heavy atom. The molecule has 0 unspecified atom stereocenters. The highest BCUT2D eigenvalue weighted by atomic mass is 19.0. The fourth-order valence-corrected chi connectivity index (χ4v) is 2.39. The van der Waals surface area contributed by atoms with Gasteiger partial charge in [-0.25, -0.2) is 0 Å². The Kier molecular flexibility index (Phi) is 3.76. The number of phenols is 1. The lowest BCUT2D eigenvalue weighted by Crippen LogP contribution is -1.92. The quantitative estimate of drug-likeness (QED) is 0.313. The van der Waals surface area contributed by atoms with Gasteiger partial charge in [0.15, 0.2) is 0 Å². The number of rotatable bonds is 4. The highest BCUT2D eigenvalue weighted by Crippen LogP contribution is 2.48. The summed E-state index contributed by atoms with van der Waals surface area (Å²) >= 11 is 0. The van der Waals surface area contributed by atoms with Crippen molar-refractivity contribution in [3.63, 3.8) is 0 Å². The van der Waals surface area contributed by atoms with Crippen molar-refractivity contribution in [1.29, 1.82) is 0 Å². The lowest BCUT2D eigenvalue weighted by molar-refractivity contribution is 0.480. The van der Waals surface area contributed by atoms with Crippen LogP contribution in [0.4, 0.5) is 38.8 Å². The number of aromatic hydroxyl groups is 1. The highest BCUT2D eigenvalue weighted by Gasteiger charge is 2.21. The van der Waals surface area contributed by atoms with Crippen LogP contribution in [0.1, 0.15) is 0 Å². The number of anilines is 6. The van der Waals surface area contributed by atoms with Crippen molar-refractivity contribution in [3.05, 3.63) is 66.7 Å². The van der Waals surface area contributed by atoms with Crippen LogP contribution >= 0.6 is 0 Å². The van der Waals surface area contributed by atoms with Crippen LogP contribution in [-0.4, -0.2) is 5.11 Å². The third-order valence-corrected chi connectivity index (χ3v) is 3.55. The number of fused-ring (bicyclic) bond motifs is 1. The molecular weight excluding hydrogens is 293 g/mol. The number of nitrogens with one attached hydrogen (secondary N) is 3. The second-order valence-electron chi connectivity index (χ2n) is 5.24. The highest BCUT2D eigenvalue weighted by molar-refractivity contribution is 5.97. The summed E-state index contributed by atoms with van der Waals surface area (Å²) in [5.41, 5.74) is 5.73. The van der Waals surface area contributed by atoms with Crippen molar-refractivity contribution in [2.45, 2.75) is 0 Å². The first-order valence-corrected chi connectivity index (χ1v) is 7.11. The average molecular weight is 309 g/mol. The Labute approximate surface area is 133 Å². The number of phenolic OH excluding ortho intramolecular Hbond substituents is 1. The maximum Gasteiger partial charge on any atom is 0.143 e. The summed E-state index contributed by atoms with van der Waals surface area (Å²) in [6, 6.07) is 21.8. The molecule has 3 aromatic carbocycles. The molecule has 0 aliphatic carbocycles. The smallest absolute Gasteiger partial charge is 0.143 e. The van der Waals surface area contributed by atoms with E-state index in [1.165, 1.54) is 0 Å². The maximum atomic E-state index is 9.73. The van der Waals surface area contributed by atoms with Gasteiger partial charge in [-0.05, 0) is 42.5 Å². The average Bonchev–Trinajstić information content (AvgIpc) is 3.30. The van der Waals surface area contributed by atoms with E-state index in [-0.39, 0.29) is 10.5 Å². The largest absolute Gasteiger partial charge is 0.506 e. The van der Waals surface area contributed by atoms with E-state index in [9.17, 15) is 5.11 Å². The van der Waals surface area contributed by atoms with E-state index in [2.05, 4.69) is 16.0 Å². The molecule has 0 atom stereocenters.